The second-order valence-corrected chi connectivity index (χ2v) is 4.16. The molecule has 0 N–H and O–H groups in total. The van der Waals surface area contributed by atoms with E-state index in [2.05, 4.69) is 67.3 Å². The van der Waals surface area contributed by atoms with Crippen LogP contribution in [0.2, 0.25) is 0 Å². The number of aryl methyl sites for hydroxylation is 2. The summed E-state index contributed by atoms with van der Waals surface area (Å²) in [4.78, 5) is 0. The SMILES string of the molecule is Cc1cccc(C#CCCc2ccccc2)c1. The minimum absolute atomic E-state index is 0.915. The molecule has 2 aromatic carbocycles. The van der Waals surface area contributed by atoms with Crippen LogP contribution in [0.3, 0.4) is 0 Å². The highest BCUT2D eigenvalue weighted by atomic mass is 13.9. The van der Waals surface area contributed by atoms with Crippen LogP contribution in [0, 0.1) is 18.8 Å². The third kappa shape index (κ3) is 3.81. The second-order valence-electron chi connectivity index (χ2n) is 4.16. The maximum Gasteiger partial charge on any atom is 0.0247 e. The highest BCUT2D eigenvalue weighted by Gasteiger charge is 1.89. The van der Waals surface area contributed by atoms with Gasteiger partial charge in [-0.15, -0.1) is 0 Å². The molecule has 2 aromatic rings. The molecule has 0 unspecified atom stereocenters. The van der Waals surface area contributed by atoms with Gasteiger partial charge in [0.25, 0.3) is 0 Å². The monoisotopic (exact) mass is 220 g/mol. The molecule has 0 saturated carbocycles. The summed E-state index contributed by atoms with van der Waals surface area (Å²) >= 11 is 0. The first-order valence-corrected chi connectivity index (χ1v) is 5.94. The Morgan fingerprint density at radius 3 is 2.53 bits per heavy atom. The molecule has 0 amide bonds. The van der Waals surface area contributed by atoms with Gasteiger partial charge in [0.05, 0.1) is 0 Å². The van der Waals surface area contributed by atoms with Crippen LogP contribution in [0.15, 0.2) is 54.6 Å². The van der Waals surface area contributed by atoms with Gasteiger partial charge in [0, 0.05) is 12.0 Å². The van der Waals surface area contributed by atoms with Gasteiger partial charge in [-0.3, -0.25) is 0 Å². The average Bonchev–Trinajstić information content (AvgIpc) is 2.36. The van der Waals surface area contributed by atoms with Crippen LogP contribution in [0.1, 0.15) is 23.1 Å². The van der Waals surface area contributed by atoms with Crippen molar-refractivity contribution in [2.24, 2.45) is 0 Å². The van der Waals surface area contributed by atoms with Crippen molar-refractivity contribution in [1.82, 2.24) is 0 Å². The first kappa shape index (κ1) is 11.5. The zero-order valence-electron chi connectivity index (χ0n) is 10.1. The van der Waals surface area contributed by atoms with Crippen molar-refractivity contribution in [2.45, 2.75) is 19.8 Å². The normalized spacial score (nSPS) is 9.47. The van der Waals surface area contributed by atoms with Gasteiger partial charge in [-0.05, 0) is 36.6 Å². The smallest absolute Gasteiger partial charge is 0.0247 e. The summed E-state index contributed by atoms with van der Waals surface area (Å²) in [6.07, 6.45) is 1.94. The minimum atomic E-state index is 0.915. The second kappa shape index (κ2) is 5.92. The van der Waals surface area contributed by atoms with Gasteiger partial charge in [0.15, 0.2) is 0 Å². The van der Waals surface area contributed by atoms with Crippen molar-refractivity contribution in [3.8, 4) is 11.8 Å². The van der Waals surface area contributed by atoms with Crippen LogP contribution < -0.4 is 0 Å². The summed E-state index contributed by atoms with van der Waals surface area (Å²) < 4.78 is 0. The van der Waals surface area contributed by atoms with Crippen LogP contribution in [-0.4, -0.2) is 0 Å². The van der Waals surface area contributed by atoms with E-state index < -0.39 is 0 Å². The van der Waals surface area contributed by atoms with Crippen LogP contribution in [0.4, 0.5) is 0 Å². The first-order valence-electron chi connectivity index (χ1n) is 5.94. The molecule has 84 valence electrons. The third-order valence-electron chi connectivity index (χ3n) is 2.63. The quantitative estimate of drug-likeness (QED) is 0.671. The molecule has 0 atom stereocenters. The lowest BCUT2D eigenvalue weighted by molar-refractivity contribution is 1.03. The molecule has 2 rings (SSSR count). The fraction of sp³-hybridized carbons (Fsp3) is 0.176. The fourth-order valence-corrected chi connectivity index (χ4v) is 1.74. The van der Waals surface area contributed by atoms with Crippen molar-refractivity contribution in [2.75, 3.05) is 0 Å². The number of benzene rings is 2. The minimum Gasteiger partial charge on any atom is -0.0975 e. The van der Waals surface area contributed by atoms with E-state index >= 15 is 0 Å². The zero-order chi connectivity index (χ0) is 11.9. The topological polar surface area (TPSA) is 0 Å². The molecule has 0 aromatic heterocycles. The largest absolute Gasteiger partial charge is 0.0975 e. The molecule has 0 aliphatic heterocycles. The van der Waals surface area contributed by atoms with Gasteiger partial charge >= 0.3 is 0 Å². The molecular formula is C17H16. The van der Waals surface area contributed by atoms with Crippen LogP contribution in [0.25, 0.3) is 0 Å². The van der Waals surface area contributed by atoms with E-state index in [0.29, 0.717) is 0 Å². The Labute approximate surface area is 103 Å². The Morgan fingerprint density at radius 1 is 0.941 bits per heavy atom. The van der Waals surface area contributed by atoms with Crippen LogP contribution in [0.5, 0.6) is 0 Å². The van der Waals surface area contributed by atoms with Crippen LogP contribution in [-0.2, 0) is 6.42 Å². The molecule has 0 saturated heterocycles. The lowest BCUT2D eigenvalue weighted by atomic mass is 10.1. The van der Waals surface area contributed by atoms with Gasteiger partial charge < -0.3 is 0 Å². The maximum absolute atomic E-state index is 3.23. The fourth-order valence-electron chi connectivity index (χ4n) is 1.74. The van der Waals surface area contributed by atoms with Gasteiger partial charge in [0.1, 0.15) is 0 Å². The summed E-state index contributed by atoms with van der Waals surface area (Å²) in [6, 6.07) is 18.8. The molecule has 0 aliphatic carbocycles. The van der Waals surface area contributed by atoms with E-state index in [1.54, 1.807) is 0 Å². The number of rotatable bonds is 2. The first-order chi connectivity index (χ1) is 8.34. The molecule has 17 heavy (non-hydrogen) atoms. The third-order valence-corrected chi connectivity index (χ3v) is 2.63. The van der Waals surface area contributed by atoms with Crippen LogP contribution >= 0.6 is 0 Å². The predicted molar refractivity (Wildman–Crippen MR) is 72.8 cm³/mol. The summed E-state index contributed by atoms with van der Waals surface area (Å²) in [5.41, 5.74) is 3.73. The molecule has 0 fully saturated rings. The highest BCUT2D eigenvalue weighted by molar-refractivity contribution is 5.36. The summed E-state index contributed by atoms with van der Waals surface area (Å²) in [5.74, 6) is 6.43. The van der Waals surface area contributed by atoms with E-state index in [4.69, 9.17) is 0 Å². The summed E-state index contributed by atoms with van der Waals surface area (Å²) in [6.45, 7) is 2.09. The Bertz CT molecular complexity index is 527. The van der Waals surface area contributed by atoms with Gasteiger partial charge in [-0.1, -0.05) is 54.3 Å². The molecule has 0 heterocycles. The maximum atomic E-state index is 3.23. The van der Waals surface area contributed by atoms with Crippen molar-refractivity contribution in [3.63, 3.8) is 0 Å². The van der Waals surface area contributed by atoms with Gasteiger partial charge in [-0.2, -0.15) is 0 Å². The standard InChI is InChI=1S/C17H16/c1-15-8-7-13-17(14-15)12-6-5-11-16-9-3-2-4-10-16/h2-4,7-10,13-14H,5,11H2,1H3. The predicted octanol–water partition coefficient (Wildman–Crippen LogP) is 3.98. The Hall–Kier alpha value is -2.00. The molecule has 0 aliphatic rings. The Balaban J connectivity index is 1.91. The van der Waals surface area contributed by atoms with E-state index in [-0.39, 0.29) is 0 Å². The van der Waals surface area contributed by atoms with Crippen molar-refractivity contribution in [3.05, 3.63) is 71.3 Å². The molecule has 0 nitrogen and oxygen atoms in total. The summed E-state index contributed by atoms with van der Waals surface area (Å²) in [7, 11) is 0. The number of hydrogen-bond donors (Lipinski definition) is 0. The highest BCUT2D eigenvalue weighted by Crippen LogP contribution is 2.03. The average molecular weight is 220 g/mol. The van der Waals surface area contributed by atoms with E-state index in [9.17, 15) is 0 Å². The van der Waals surface area contributed by atoms with Crippen molar-refractivity contribution >= 4 is 0 Å². The van der Waals surface area contributed by atoms with Gasteiger partial charge in [-0.25, -0.2) is 0 Å². The van der Waals surface area contributed by atoms with E-state index in [1.807, 2.05) is 6.07 Å². The Kier molecular flexibility index (Phi) is 4.00. The van der Waals surface area contributed by atoms with E-state index in [0.717, 1.165) is 18.4 Å². The molecule has 0 heteroatoms. The van der Waals surface area contributed by atoms with E-state index in [1.165, 1.54) is 11.1 Å². The molecular weight excluding hydrogens is 204 g/mol. The number of hydrogen-bond acceptors (Lipinski definition) is 0. The lowest BCUT2D eigenvalue weighted by Crippen LogP contribution is -1.82. The van der Waals surface area contributed by atoms with Crippen molar-refractivity contribution < 1.29 is 0 Å². The van der Waals surface area contributed by atoms with Crippen molar-refractivity contribution in [1.29, 1.82) is 0 Å². The summed E-state index contributed by atoms with van der Waals surface area (Å²) in [5, 5.41) is 0. The van der Waals surface area contributed by atoms with Gasteiger partial charge in [0.2, 0.25) is 0 Å². The lowest BCUT2D eigenvalue weighted by Gasteiger charge is -1.95. The Morgan fingerprint density at radius 2 is 1.76 bits per heavy atom. The molecule has 0 radical (unpaired) electrons. The molecule has 0 bridgehead atoms. The molecule has 0 spiro atoms. The zero-order valence-corrected chi connectivity index (χ0v) is 10.1.